The van der Waals surface area contributed by atoms with Crippen LogP contribution in [-0.4, -0.2) is 45.5 Å². The zero-order valence-electron chi connectivity index (χ0n) is 22.4. The molecule has 0 saturated heterocycles. The number of carbonyl (C=O) groups excluding carboxylic acids is 2. The maximum atomic E-state index is 12.8. The van der Waals surface area contributed by atoms with Gasteiger partial charge in [0, 0.05) is 37.0 Å². The summed E-state index contributed by atoms with van der Waals surface area (Å²) in [6.45, 7) is 1.31. The number of hydrogen-bond acceptors (Lipinski definition) is 6. The minimum Gasteiger partial charge on any atom is -0.351 e. The molecule has 2 heterocycles. The number of pyridine rings is 2. The van der Waals surface area contributed by atoms with E-state index in [4.69, 9.17) is 23.2 Å². The molecule has 0 aliphatic rings. The van der Waals surface area contributed by atoms with Crippen LogP contribution in [0.2, 0.25) is 10.0 Å². The number of nitrogens with one attached hydrogen (secondary N) is 2. The molecule has 2 aromatic heterocycles. The van der Waals surface area contributed by atoms with E-state index in [0.717, 1.165) is 11.1 Å². The van der Waals surface area contributed by atoms with Crippen LogP contribution in [0.15, 0.2) is 94.8 Å². The van der Waals surface area contributed by atoms with Crippen LogP contribution < -0.4 is 21.8 Å². The fraction of sp³-hybridized carbons (Fsp3) is 0.200. The highest BCUT2D eigenvalue weighted by atomic mass is 35.5. The van der Waals surface area contributed by atoms with E-state index in [1.165, 1.54) is 55.2 Å². The van der Waals surface area contributed by atoms with Gasteiger partial charge in [-0.25, -0.2) is 0 Å². The first-order valence-electron chi connectivity index (χ1n) is 13.0. The molecule has 2 amide bonds. The number of benzene rings is 2. The van der Waals surface area contributed by atoms with E-state index < -0.39 is 22.9 Å². The summed E-state index contributed by atoms with van der Waals surface area (Å²) < 4.78 is 2.85. The lowest BCUT2D eigenvalue weighted by Crippen LogP contribution is -2.34. The SMILES string of the molecule is O=C(NCCSSCCNC(=O)c1cc(Cl)cn(Cc2ccccc2)c1=O)c1cc(Cl)cn(Cc2ccccc2)c1=O. The van der Waals surface area contributed by atoms with Gasteiger partial charge in [-0.05, 0) is 23.3 Å². The van der Waals surface area contributed by atoms with Gasteiger partial charge in [0.15, 0.2) is 0 Å². The highest BCUT2D eigenvalue weighted by Crippen LogP contribution is 2.19. The summed E-state index contributed by atoms with van der Waals surface area (Å²) in [5.41, 5.74) is 0.997. The summed E-state index contributed by atoms with van der Waals surface area (Å²) in [7, 11) is 3.03. The van der Waals surface area contributed by atoms with E-state index in [1.54, 1.807) is 0 Å². The van der Waals surface area contributed by atoms with Gasteiger partial charge in [-0.1, -0.05) is 105 Å². The zero-order valence-corrected chi connectivity index (χ0v) is 25.6. The van der Waals surface area contributed by atoms with Crippen molar-refractivity contribution in [1.82, 2.24) is 19.8 Å². The molecule has 0 aliphatic carbocycles. The van der Waals surface area contributed by atoms with Gasteiger partial charge in [0.1, 0.15) is 11.1 Å². The predicted octanol–water partition coefficient (Wildman–Crippen LogP) is 4.95. The first-order chi connectivity index (χ1) is 20.3. The highest BCUT2D eigenvalue weighted by molar-refractivity contribution is 8.76. The Labute approximate surface area is 260 Å². The summed E-state index contributed by atoms with van der Waals surface area (Å²) in [6, 6.07) is 21.6. The van der Waals surface area contributed by atoms with Crippen LogP contribution in [0, 0.1) is 0 Å². The maximum Gasteiger partial charge on any atom is 0.263 e. The molecule has 218 valence electrons. The van der Waals surface area contributed by atoms with Crippen molar-refractivity contribution >= 4 is 56.6 Å². The average Bonchev–Trinajstić information content (AvgIpc) is 2.98. The molecule has 0 bridgehead atoms. The molecule has 0 atom stereocenters. The van der Waals surface area contributed by atoms with Crippen molar-refractivity contribution in [2.24, 2.45) is 0 Å². The van der Waals surface area contributed by atoms with Gasteiger partial charge in [0.25, 0.3) is 22.9 Å². The fourth-order valence-electron chi connectivity index (χ4n) is 4.04. The number of halogens is 2. The van der Waals surface area contributed by atoms with Crippen molar-refractivity contribution in [3.8, 4) is 0 Å². The second-order valence-corrected chi connectivity index (χ2v) is 12.7. The topological polar surface area (TPSA) is 102 Å². The predicted molar refractivity (Wildman–Crippen MR) is 172 cm³/mol. The quantitative estimate of drug-likeness (QED) is 0.158. The summed E-state index contributed by atoms with van der Waals surface area (Å²) in [5, 5.41) is 6.12. The first-order valence-corrected chi connectivity index (χ1v) is 16.2. The van der Waals surface area contributed by atoms with E-state index in [0.29, 0.717) is 47.7 Å². The Morgan fingerprint density at radius 1 is 0.643 bits per heavy atom. The fourth-order valence-corrected chi connectivity index (χ4v) is 6.31. The molecule has 0 unspecified atom stereocenters. The van der Waals surface area contributed by atoms with Gasteiger partial charge in [-0.3, -0.25) is 19.2 Å². The van der Waals surface area contributed by atoms with Crippen LogP contribution in [0.5, 0.6) is 0 Å². The standard InChI is InChI=1S/C30H28Cl2N4O4S2/c31-23-15-25(29(39)35(19-23)17-21-7-3-1-4-8-21)27(37)33-11-13-41-42-14-12-34-28(38)26-16-24(32)20-36(30(26)40)18-22-9-5-2-6-10-22/h1-10,15-16,19-20H,11-14,17-18H2,(H,33,37)(H,34,38). The Morgan fingerprint density at radius 2 is 1.02 bits per heavy atom. The molecule has 0 spiro atoms. The second kappa shape index (κ2) is 15.7. The summed E-state index contributed by atoms with van der Waals surface area (Å²) >= 11 is 12.4. The van der Waals surface area contributed by atoms with E-state index in [9.17, 15) is 19.2 Å². The van der Waals surface area contributed by atoms with Crippen LogP contribution in [0.1, 0.15) is 31.8 Å². The molecule has 2 N–H and O–H groups in total. The highest BCUT2D eigenvalue weighted by Gasteiger charge is 2.15. The van der Waals surface area contributed by atoms with Gasteiger partial charge in [0.2, 0.25) is 0 Å². The second-order valence-electron chi connectivity index (χ2n) is 9.14. The normalized spacial score (nSPS) is 10.8. The lowest BCUT2D eigenvalue weighted by atomic mass is 10.2. The third kappa shape index (κ3) is 9.03. The smallest absolute Gasteiger partial charge is 0.263 e. The molecule has 0 radical (unpaired) electrons. The monoisotopic (exact) mass is 642 g/mol. The van der Waals surface area contributed by atoms with Crippen LogP contribution in [-0.2, 0) is 13.1 Å². The molecular formula is C30H28Cl2N4O4S2. The molecule has 8 nitrogen and oxygen atoms in total. The van der Waals surface area contributed by atoms with Crippen molar-refractivity contribution < 1.29 is 9.59 Å². The van der Waals surface area contributed by atoms with Gasteiger partial charge in [-0.2, -0.15) is 0 Å². The number of carbonyl (C=O) groups is 2. The van der Waals surface area contributed by atoms with Crippen LogP contribution in [0.25, 0.3) is 0 Å². The van der Waals surface area contributed by atoms with Gasteiger partial charge < -0.3 is 19.8 Å². The van der Waals surface area contributed by atoms with E-state index in [-0.39, 0.29) is 11.1 Å². The third-order valence-electron chi connectivity index (χ3n) is 6.01. The maximum absolute atomic E-state index is 12.8. The third-order valence-corrected chi connectivity index (χ3v) is 8.83. The van der Waals surface area contributed by atoms with Crippen molar-refractivity contribution in [3.63, 3.8) is 0 Å². The number of aromatic nitrogens is 2. The first kappa shape index (κ1) is 31.5. The largest absolute Gasteiger partial charge is 0.351 e. The number of hydrogen-bond donors (Lipinski definition) is 2. The Kier molecular flexibility index (Phi) is 11.8. The summed E-state index contributed by atoms with van der Waals surface area (Å²) in [4.78, 5) is 51.0. The molecule has 0 fully saturated rings. The van der Waals surface area contributed by atoms with E-state index in [2.05, 4.69) is 10.6 Å². The average molecular weight is 644 g/mol. The molecular weight excluding hydrogens is 615 g/mol. The van der Waals surface area contributed by atoms with Gasteiger partial charge in [-0.15, -0.1) is 0 Å². The van der Waals surface area contributed by atoms with Crippen molar-refractivity contribution in [3.05, 3.63) is 138 Å². The molecule has 4 aromatic rings. The number of amides is 2. The lowest BCUT2D eigenvalue weighted by Gasteiger charge is -2.11. The molecule has 12 heteroatoms. The number of rotatable bonds is 13. The van der Waals surface area contributed by atoms with Crippen molar-refractivity contribution in [1.29, 1.82) is 0 Å². The van der Waals surface area contributed by atoms with Crippen molar-refractivity contribution in [2.75, 3.05) is 24.6 Å². The van der Waals surface area contributed by atoms with E-state index in [1.807, 2.05) is 60.7 Å². The van der Waals surface area contributed by atoms with E-state index >= 15 is 0 Å². The lowest BCUT2D eigenvalue weighted by molar-refractivity contribution is 0.0945. The Morgan fingerprint density at radius 3 is 1.40 bits per heavy atom. The number of nitrogens with zero attached hydrogens (tertiary/aromatic N) is 2. The van der Waals surface area contributed by atoms with Gasteiger partial charge >= 0.3 is 0 Å². The summed E-state index contributed by atoms with van der Waals surface area (Å²) in [6.07, 6.45) is 3.04. The van der Waals surface area contributed by atoms with Crippen molar-refractivity contribution in [2.45, 2.75) is 13.1 Å². The summed E-state index contributed by atoms with van der Waals surface area (Å²) in [5.74, 6) is 0.201. The molecule has 0 aliphatic heterocycles. The minimum atomic E-state index is -0.485. The minimum absolute atomic E-state index is 0.0114. The van der Waals surface area contributed by atoms with Crippen LogP contribution >= 0.6 is 44.8 Å². The Bertz CT molecular complexity index is 1520. The Balaban J connectivity index is 1.19. The van der Waals surface area contributed by atoms with Crippen LogP contribution in [0.4, 0.5) is 0 Å². The molecule has 42 heavy (non-hydrogen) atoms. The Hall–Kier alpha value is -3.44. The molecule has 0 saturated carbocycles. The van der Waals surface area contributed by atoms with Crippen LogP contribution in [0.3, 0.4) is 0 Å². The molecule has 4 rings (SSSR count). The molecule has 2 aromatic carbocycles. The van der Waals surface area contributed by atoms with Gasteiger partial charge in [0.05, 0.1) is 23.1 Å². The zero-order chi connectivity index (χ0) is 29.9.